The number of carbonyl (C=O) groups is 3. The zero-order valence-corrected chi connectivity index (χ0v) is 18.6. The number of hydrogen-bond acceptors (Lipinski definition) is 5. The van der Waals surface area contributed by atoms with Crippen molar-refractivity contribution in [1.29, 1.82) is 0 Å². The first-order valence-corrected chi connectivity index (χ1v) is 10.1. The van der Waals surface area contributed by atoms with Crippen LogP contribution in [-0.4, -0.2) is 41.7 Å². The standard InChI is InChI=1S/C24H26N4O4/c1-15-21(13-14-22(29)32-4)16(2)28(26-15)20-11-7-18(8-12-20)24(31)27(3)19-9-5-17(6-10-19)23(25)30/h5-12H,13-14H2,1-4H3,(H2,25,30). The van der Waals surface area contributed by atoms with E-state index in [4.69, 9.17) is 10.5 Å². The second-order valence-electron chi connectivity index (χ2n) is 7.46. The number of nitrogens with two attached hydrogens (primary N) is 1. The Morgan fingerprint density at radius 2 is 1.59 bits per heavy atom. The summed E-state index contributed by atoms with van der Waals surface area (Å²) in [5.41, 5.74) is 10.4. The highest BCUT2D eigenvalue weighted by Crippen LogP contribution is 2.21. The third kappa shape index (κ3) is 4.69. The van der Waals surface area contributed by atoms with Crippen LogP contribution in [0.5, 0.6) is 0 Å². The number of nitrogens with zero attached hydrogens (tertiary/aromatic N) is 3. The average molecular weight is 434 g/mol. The van der Waals surface area contributed by atoms with Gasteiger partial charge in [0.1, 0.15) is 0 Å². The van der Waals surface area contributed by atoms with Gasteiger partial charge in [0.25, 0.3) is 5.91 Å². The van der Waals surface area contributed by atoms with Crippen LogP contribution in [0.4, 0.5) is 5.69 Å². The molecule has 1 aromatic heterocycles. The van der Waals surface area contributed by atoms with Gasteiger partial charge in [-0.3, -0.25) is 14.4 Å². The van der Waals surface area contributed by atoms with Gasteiger partial charge in [0.05, 0.1) is 18.5 Å². The maximum Gasteiger partial charge on any atom is 0.305 e. The van der Waals surface area contributed by atoms with E-state index in [1.54, 1.807) is 43.4 Å². The molecule has 8 heteroatoms. The monoisotopic (exact) mass is 434 g/mol. The van der Waals surface area contributed by atoms with Crippen LogP contribution in [0.25, 0.3) is 5.69 Å². The molecule has 3 aromatic rings. The van der Waals surface area contributed by atoms with Gasteiger partial charge in [-0.25, -0.2) is 4.68 Å². The summed E-state index contributed by atoms with van der Waals surface area (Å²) < 4.78 is 6.53. The van der Waals surface area contributed by atoms with Crippen molar-refractivity contribution < 1.29 is 19.1 Å². The van der Waals surface area contributed by atoms with Crippen LogP contribution in [0.15, 0.2) is 48.5 Å². The first-order chi connectivity index (χ1) is 15.2. The van der Waals surface area contributed by atoms with E-state index < -0.39 is 5.91 Å². The van der Waals surface area contributed by atoms with Crippen molar-refractivity contribution in [2.45, 2.75) is 26.7 Å². The number of primary amides is 1. The van der Waals surface area contributed by atoms with Crippen molar-refractivity contribution in [3.8, 4) is 5.69 Å². The van der Waals surface area contributed by atoms with Gasteiger partial charge >= 0.3 is 5.97 Å². The zero-order chi connectivity index (χ0) is 23.4. The van der Waals surface area contributed by atoms with E-state index in [0.29, 0.717) is 29.7 Å². The van der Waals surface area contributed by atoms with E-state index in [-0.39, 0.29) is 11.9 Å². The summed E-state index contributed by atoms with van der Waals surface area (Å²) in [6.07, 6.45) is 0.852. The van der Waals surface area contributed by atoms with Crippen LogP contribution in [-0.2, 0) is 16.0 Å². The molecule has 0 spiro atoms. The van der Waals surface area contributed by atoms with Gasteiger partial charge < -0.3 is 15.4 Å². The number of rotatable bonds is 7. The number of methoxy groups -OCH3 is 1. The molecule has 8 nitrogen and oxygen atoms in total. The van der Waals surface area contributed by atoms with E-state index in [9.17, 15) is 14.4 Å². The number of carbonyl (C=O) groups excluding carboxylic acids is 3. The molecule has 0 unspecified atom stereocenters. The Balaban J connectivity index is 1.78. The van der Waals surface area contributed by atoms with Crippen molar-refractivity contribution >= 4 is 23.5 Å². The van der Waals surface area contributed by atoms with Gasteiger partial charge in [-0.15, -0.1) is 0 Å². The number of benzene rings is 2. The molecule has 3 rings (SSSR count). The van der Waals surface area contributed by atoms with Gasteiger partial charge in [0, 0.05) is 36.0 Å². The minimum Gasteiger partial charge on any atom is -0.469 e. The van der Waals surface area contributed by atoms with E-state index in [1.165, 1.54) is 12.0 Å². The van der Waals surface area contributed by atoms with E-state index in [2.05, 4.69) is 5.10 Å². The quantitative estimate of drug-likeness (QED) is 0.575. The summed E-state index contributed by atoms with van der Waals surface area (Å²) in [5.74, 6) is -0.956. The zero-order valence-electron chi connectivity index (χ0n) is 18.6. The molecule has 1 heterocycles. The molecule has 2 amide bonds. The van der Waals surface area contributed by atoms with Gasteiger partial charge in [-0.2, -0.15) is 5.10 Å². The Kier molecular flexibility index (Phi) is 6.73. The molecule has 2 N–H and O–H groups in total. The topological polar surface area (TPSA) is 108 Å². The summed E-state index contributed by atoms with van der Waals surface area (Å²) >= 11 is 0. The van der Waals surface area contributed by atoms with Crippen LogP contribution < -0.4 is 10.6 Å². The number of anilines is 1. The number of aryl methyl sites for hydroxylation is 1. The summed E-state index contributed by atoms with van der Waals surface area (Å²) in [6.45, 7) is 3.86. The lowest BCUT2D eigenvalue weighted by molar-refractivity contribution is -0.140. The number of hydrogen-bond donors (Lipinski definition) is 1. The number of amides is 2. The minimum atomic E-state index is -0.515. The maximum atomic E-state index is 12.9. The van der Waals surface area contributed by atoms with Gasteiger partial charge in [0.2, 0.25) is 5.91 Å². The maximum absolute atomic E-state index is 12.9. The second-order valence-corrected chi connectivity index (χ2v) is 7.46. The van der Waals surface area contributed by atoms with Gasteiger partial charge in [0.15, 0.2) is 0 Å². The number of aromatic nitrogens is 2. The number of ether oxygens (including phenoxy) is 1. The molecular weight excluding hydrogens is 408 g/mol. The molecule has 0 bridgehead atoms. The van der Waals surface area contributed by atoms with Crippen LogP contribution in [0.2, 0.25) is 0 Å². The van der Waals surface area contributed by atoms with Crippen LogP contribution in [0.1, 0.15) is 44.1 Å². The van der Waals surface area contributed by atoms with Gasteiger partial charge in [-0.1, -0.05) is 0 Å². The van der Waals surface area contributed by atoms with Crippen molar-refractivity contribution in [2.75, 3.05) is 19.1 Å². The molecule has 0 saturated carbocycles. The second kappa shape index (κ2) is 9.47. The molecule has 0 fully saturated rings. The lowest BCUT2D eigenvalue weighted by atomic mass is 10.1. The van der Waals surface area contributed by atoms with Gasteiger partial charge in [-0.05, 0) is 74.4 Å². The molecule has 0 saturated heterocycles. The highest BCUT2D eigenvalue weighted by Gasteiger charge is 2.17. The molecule has 0 aliphatic carbocycles. The highest BCUT2D eigenvalue weighted by molar-refractivity contribution is 6.06. The van der Waals surface area contributed by atoms with Crippen LogP contribution in [0, 0.1) is 13.8 Å². The third-order valence-electron chi connectivity index (χ3n) is 5.45. The predicted octanol–water partition coefficient (Wildman–Crippen LogP) is 2.97. The molecule has 0 aliphatic rings. The normalized spacial score (nSPS) is 10.6. The lowest BCUT2D eigenvalue weighted by Gasteiger charge is -2.18. The average Bonchev–Trinajstić information content (AvgIpc) is 3.09. The summed E-state index contributed by atoms with van der Waals surface area (Å²) in [6, 6.07) is 13.7. The van der Waals surface area contributed by atoms with Crippen LogP contribution >= 0.6 is 0 Å². The summed E-state index contributed by atoms with van der Waals surface area (Å²) in [7, 11) is 3.05. The highest BCUT2D eigenvalue weighted by atomic mass is 16.5. The van der Waals surface area contributed by atoms with Crippen molar-refractivity contribution in [2.24, 2.45) is 5.73 Å². The predicted molar refractivity (Wildman–Crippen MR) is 121 cm³/mol. The van der Waals surface area contributed by atoms with Crippen molar-refractivity contribution in [3.63, 3.8) is 0 Å². The van der Waals surface area contributed by atoms with Crippen molar-refractivity contribution in [1.82, 2.24) is 9.78 Å². The summed E-state index contributed by atoms with van der Waals surface area (Å²) in [4.78, 5) is 37.1. The largest absolute Gasteiger partial charge is 0.469 e. The Labute approximate surface area is 186 Å². The van der Waals surface area contributed by atoms with E-state index in [1.807, 2.05) is 30.7 Å². The summed E-state index contributed by atoms with van der Waals surface area (Å²) in [5, 5.41) is 4.60. The van der Waals surface area contributed by atoms with E-state index in [0.717, 1.165) is 22.6 Å². The fourth-order valence-corrected chi connectivity index (χ4v) is 3.52. The Hall–Kier alpha value is -3.94. The Morgan fingerprint density at radius 3 is 2.16 bits per heavy atom. The minimum absolute atomic E-state index is 0.185. The molecule has 166 valence electrons. The molecule has 0 atom stereocenters. The van der Waals surface area contributed by atoms with Crippen LogP contribution in [0.3, 0.4) is 0 Å². The molecule has 0 aliphatic heterocycles. The first-order valence-electron chi connectivity index (χ1n) is 10.1. The molecule has 0 radical (unpaired) electrons. The molecule has 2 aromatic carbocycles. The number of esters is 1. The van der Waals surface area contributed by atoms with Crippen molar-refractivity contribution in [3.05, 3.63) is 76.6 Å². The smallest absolute Gasteiger partial charge is 0.305 e. The SMILES string of the molecule is COC(=O)CCc1c(C)nn(-c2ccc(C(=O)N(C)c3ccc(C(N)=O)cc3)cc2)c1C. The first kappa shape index (κ1) is 22.7. The Bertz CT molecular complexity index is 1150. The third-order valence-corrected chi connectivity index (χ3v) is 5.45. The molecular formula is C24H26N4O4. The fourth-order valence-electron chi connectivity index (χ4n) is 3.52. The Morgan fingerprint density at radius 1 is 1.00 bits per heavy atom. The lowest BCUT2D eigenvalue weighted by Crippen LogP contribution is -2.26. The van der Waals surface area contributed by atoms with E-state index >= 15 is 0 Å². The fraction of sp³-hybridized carbons (Fsp3) is 0.250. The molecule has 32 heavy (non-hydrogen) atoms.